The third-order valence-electron chi connectivity index (χ3n) is 3.07. The highest BCUT2D eigenvalue weighted by molar-refractivity contribution is 5.72. The topological polar surface area (TPSA) is 26.3 Å². The lowest BCUT2D eigenvalue weighted by Gasteiger charge is -2.32. The van der Waals surface area contributed by atoms with Crippen molar-refractivity contribution < 1.29 is 9.53 Å². The van der Waals surface area contributed by atoms with Crippen LogP contribution in [-0.4, -0.2) is 11.6 Å². The molecule has 0 amide bonds. The molecule has 0 aromatic rings. The first kappa shape index (κ1) is 13.0. The second-order valence-corrected chi connectivity index (χ2v) is 5.24. The van der Waals surface area contributed by atoms with Gasteiger partial charge in [0.05, 0.1) is 5.92 Å². The molecule has 0 heterocycles. The van der Waals surface area contributed by atoms with Crippen LogP contribution in [0.15, 0.2) is 24.3 Å². The summed E-state index contributed by atoms with van der Waals surface area (Å²) in [4.78, 5) is 11.6. The molecule has 2 nitrogen and oxygen atoms in total. The lowest BCUT2D eigenvalue weighted by atomic mass is 9.83. The van der Waals surface area contributed by atoms with Gasteiger partial charge in [-0.05, 0) is 38.7 Å². The number of hydrogen-bond acceptors (Lipinski definition) is 2. The molecule has 0 radical (unpaired) electrons. The van der Waals surface area contributed by atoms with Gasteiger partial charge in [-0.15, -0.1) is 0 Å². The van der Waals surface area contributed by atoms with Crippen molar-refractivity contribution in [3.63, 3.8) is 0 Å². The Kier molecular flexibility index (Phi) is 3.95. The van der Waals surface area contributed by atoms with Crippen molar-refractivity contribution >= 4 is 5.97 Å². The van der Waals surface area contributed by atoms with E-state index in [4.69, 9.17) is 4.74 Å². The summed E-state index contributed by atoms with van der Waals surface area (Å²) in [5.41, 5.74) is 0.751. The summed E-state index contributed by atoms with van der Waals surface area (Å²) < 4.78 is 5.51. The van der Waals surface area contributed by atoms with E-state index in [0.29, 0.717) is 5.92 Å². The molecule has 0 saturated heterocycles. The van der Waals surface area contributed by atoms with Crippen molar-refractivity contribution in [1.29, 1.82) is 0 Å². The zero-order valence-corrected chi connectivity index (χ0v) is 10.7. The summed E-state index contributed by atoms with van der Waals surface area (Å²) in [6.07, 6.45) is 6.00. The normalized spacial score (nSPS) is 29.2. The molecule has 0 spiro atoms. The highest BCUT2D eigenvalue weighted by atomic mass is 16.6. The van der Waals surface area contributed by atoms with E-state index in [-0.39, 0.29) is 11.9 Å². The average molecular weight is 222 g/mol. The van der Waals surface area contributed by atoms with E-state index >= 15 is 0 Å². The van der Waals surface area contributed by atoms with Crippen LogP contribution < -0.4 is 0 Å². The van der Waals surface area contributed by atoms with E-state index in [1.807, 2.05) is 33.8 Å². The van der Waals surface area contributed by atoms with Crippen molar-refractivity contribution in [3.8, 4) is 0 Å². The first-order chi connectivity index (χ1) is 7.34. The lowest BCUT2D eigenvalue weighted by Crippen LogP contribution is -2.34. The van der Waals surface area contributed by atoms with Crippen LogP contribution >= 0.6 is 0 Å². The summed E-state index contributed by atoms with van der Waals surface area (Å²) in [5, 5.41) is 0. The molecule has 2 atom stereocenters. The van der Waals surface area contributed by atoms with E-state index in [1.54, 1.807) is 0 Å². The summed E-state index contributed by atoms with van der Waals surface area (Å²) in [5.74, 6) is 0.246. The highest BCUT2D eigenvalue weighted by Gasteiger charge is 2.30. The Balaban J connectivity index is 2.65. The summed E-state index contributed by atoms with van der Waals surface area (Å²) >= 11 is 0. The van der Waals surface area contributed by atoms with Gasteiger partial charge in [0, 0.05) is 0 Å². The fourth-order valence-corrected chi connectivity index (χ4v) is 1.78. The molecule has 0 aromatic heterocycles. The number of hydrogen-bond donors (Lipinski definition) is 0. The van der Waals surface area contributed by atoms with Gasteiger partial charge in [-0.1, -0.05) is 32.1 Å². The summed E-state index contributed by atoms with van der Waals surface area (Å²) in [7, 11) is 0. The number of carbonyl (C=O) groups excluding carboxylic acids is 1. The Hall–Kier alpha value is -1.05. The van der Waals surface area contributed by atoms with Gasteiger partial charge in [0.1, 0.15) is 5.60 Å². The fourth-order valence-electron chi connectivity index (χ4n) is 1.78. The van der Waals surface area contributed by atoms with Crippen LogP contribution in [0.4, 0.5) is 0 Å². The van der Waals surface area contributed by atoms with Gasteiger partial charge in [-0.2, -0.15) is 0 Å². The Morgan fingerprint density at radius 3 is 2.56 bits per heavy atom. The zero-order valence-electron chi connectivity index (χ0n) is 10.7. The maximum Gasteiger partial charge on any atom is 0.309 e. The fraction of sp³-hybridized carbons (Fsp3) is 0.643. The van der Waals surface area contributed by atoms with Crippen LogP contribution in [0.5, 0.6) is 0 Å². The van der Waals surface area contributed by atoms with Crippen molar-refractivity contribution in [2.75, 3.05) is 0 Å². The number of allylic oxidation sites excluding steroid dienone is 2. The lowest BCUT2D eigenvalue weighted by molar-refractivity contribution is -0.158. The minimum Gasteiger partial charge on any atom is -0.455 e. The molecule has 0 saturated carbocycles. The van der Waals surface area contributed by atoms with E-state index in [0.717, 1.165) is 12.8 Å². The van der Waals surface area contributed by atoms with Gasteiger partial charge in [0.15, 0.2) is 0 Å². The first-order valence-corrected chi connectivity index (χ1v) is 5.92. The van der Waals surface area contributed by atoms with Gasteiger partial charge >= 0.3 is 5.97 Å². The van der Waals surface area contributed by atoms with Gasteiger partial charge < -0.3 is 4.74 Å². The molecule has 1 aliphatic rings. The van der Waals surface area contributed by atoms with Crippen LogP contribution in [0.2, 0.25) is 0 Å². The molecule has 0 aliphatic heterocycles. The van der Waals surface area contributed by atoms with Gasteiger partial charge in [0.25, 0.3) is 0 Å². The number of esters is 1. The van der Waals surface area contributed by atoms with Crippen LogP contribution in [-0.2, 0) is 9.53 Å². The highest BCUT2D eigenvalue weighted by Crippen LogP contribution is 2.32. The van der Waals surface area contributed by atoms with Crippen LogP contribution in [0, 0.1) is 11.8 Å². The SMILES string of the molecule is C=C(C)[C@H]1C=C[C@@](C)(OC(=O)C(C)C)CC1. The Labute approximate surface area is 98.4 Å². The minimum absolute atomic E-state index is 0.0657. The van der Waals surface area contributed by atoms with Crippen LogP contribution in [0.25, 0.3) is 0 Å². The van der Waals surface area contributed by atoms with Crippen LogP contribution in [0.1, 0.15) is 40.5 Å². The maximum absolute atomic E-state index is 11.6. The molecule has 1 aliphatic carbocycles. The third-order valence-corrected chi connectivity index (χ3v) is 3.07. The molecule has 16 heavy (non-hydrogen) atoms. The molecule has 0 unspecified atom stereocenters. The predicted molar refractivity (Wildman–Crippen MR) is 66.0 cm³/mol. The molecule has 0 N–H and O–H groups in total. The molecular formula is C14H22O2. The molecule has 0 fully saturated rings. The molecular weight excluding hydrogens is 200 g/mol. The second-order valence-electron chi connectivity index (χ2n) is 5.24. The largest absolute Gasteiger partial charge is 0.455 e. The zero-order chi connectivity index (χ0) is 12.3. The summed E-state index contributed by atoms with van der Waals surface area (Å²) in [6.45, 7) is 11.7. The smallest absolute Gasteiger partial charge is 0.309 e. The van der Waals surface area contributed by atoms with Crippen molar-refractivity contribution in [2.24, 2.45) is 11.8 Å². The molecule has 90 valence electrons. The molecule has 2 heteroatoms. The Morgan fingerprint density at radius 2 is 2.19 bits per heavy atom. The number of rotatable bonds is 3. The van der Waals surface area contributed by atoms with E-state index < -0.39 is 5.60 Å². The van der Waals surface area contributed by atoms with E-state index in [2.05, 4.69) is 12.7 Å². The second kappa shape index (κ2) is 4.86. The number of ether oxygens (including phenoxy) is 1. The monoisotopic (exact) mass is 222 g/mol. The Bertz CT molecular complexity index is 315. The molecule has 0 bridgehead atoms. The predicted octanol–water partition coefficient (Wildman–Crippen LogP) is 3.49. The Morgan fingerprint density at radius 1 is 1.56 bits per heavy atom. The summed E-state index contributed by atoms with van der Waals surface area (Å²) in [6, 6.07) is 0. The molecule has 1 rings (SSSR count). The maximum atomic E-state index is 11.6. The van der Waals surface area contributed by atoms with Crippen molar-refractivity contribution in [1.82, 2.24) is 0 Å². The minimum atomic E-state index is -0.423. The third kappa shape index (κ3) is 3.22. The number of carbonyl (C=O) groups is 1. The quantitative estimate of drug-likeness (QED) is 0.539. The van der Waals surface area contributed by atoms with E-state index in [9.17, 15) is 4.79 Å². The van der Waals surface area contributed by atoms with Crippen molar-refractivity contribution in [3.05, 3.63) is 24.3 Å². The van der Waals surface area contributed by atoms with Gasteiger partial charge in [-0.3, -0.25) is 4.79 Å². The van der Waals surface area contributed by atoms with Crippen LogP contribution in [0.3, 0.4) is 0 Å². The average Bonchev–Trinajstić information content (AvgIpc) is 2.17. The van der Waals surface area contributed by atoms with Gasteiger partial charge in [-0.25, -0.2) is 0 Å². The first-order valence-electron chi connectivity index (χ1n) is 5.92. The standard InChI is InChI=1S/C14H22O2/c1-10(2)12-6-8-14(5,9-7-12)16-13(15)11(3)4/h6,8,11-12H,1,7,9H2,2-5H3/t12-,14+/m0/s1. The van der Waals surface area contributed by atoms with E-state index in [1.165, 1.54) is 5.57 Å². The van der Waals surface area contributed by atoms with Gasteiger partial charge in [0.2, 0.25) is 0 Å². The van der Waals surface area contributed by atoms with Crippen molar-refractivity contribution in [2.45, 2.75) is 46.1 Å². The molecule has 0 aromatic carbocycles.